The molecule has 0 spiro atoms. The molecule has 1 atom stereocenters. The van der Waals surface area contributed by atoms with E-state index in [0.717, 1.165) is 25.7 Å². The normalized spacial score (nSPS) is 27.7. The number of nitrogens with zero attached hydrogens (tertiary/aromatic N) is 2. The van der Waals surface area contributed by atoms with Gasteiger partial charge in [-0.3, -0.25) is 14.9 Å². The molecule has 2 aliphatic heterocycles. The molecular formula is C16H26ClF2N3O2. The number of halogens is 3. The molecule has 3 fully saturated rings. The summed E-state index contributed by atoms with van der Waals surface area (Å²) in [5, 5.41) is 2.61. The van der Waals surface area contributed by atoms with Crippen LogP contribution in [-0.4, -0.2) is 66.3 Å². The third kappa shape index (κ3) is 4.36. The maximum atomic E-state index is 13.2. The Labute approximate surface area is 147 Å². The van der Waals surface area contributed by atoms with Gasteiger partial charge in [0.25, 0.3) is 5.92 Å². The van der Waals surface area contributed by atoms with Gasteiger partial charge in [0.05, 0.1) is 12.6 Å². The minimum absolute atomic E-state index is 0. The summed E-state index contributed by atoms with van der Waals surface area (Å²) in [6.07, 6.45) is 4.98. The molecule has 0 aromatic heterocycles. The standard InChI is InChI=1S/C16H25F2N3O2.ClH/c17-16(18)10-13(19-11-16)15(23)21-8-6-20(7-9-21)14(22)12-4-2-1-3-5-12;/h12-13,19H,1-11H2;1H. The molecule has 2 heterocycles. The molecule has 0 aromatic rings. The Balaban J connectivity index is 0.00000208. The Hall–Kier alpha value is -0.950. The van der Waals surface area contributed by atoms with Gasteiger partial charge in [-0.25, -0.2) is 8.78 Å². The van der Waals surface area contributed by atoms with Crippen molar-refractivity contribution >= 4 is 24.2 Å². The first kappa shape index (κ1) is 19.4. The third-order valence-electron chi connectivity index (χ3n) is 5.27. The predicted molar refractivity (Wildman–Crippen MR) is 88.3 cm³/mol. The second-order valence-corrected chi connectivity index (χ2v) is 6.98. The number of hydrogen-bond acceptors (Lipinski definition) is 3. The topological polar surface area (TPSA) is 52.7 Å². The molecule has 8 heteroatoms. The number of hydrogen-bond donors (Lipinski definition) is 1. The number of amides is 2. The second kappa shape index (κ2) is 7.95. The molecule has 5 nitrogen and oxygen atoms in total. The summed E-state index contributed by atoms with van der Waals surface area (Å²) in [5.74, 6) is -2.70. The molecule has 24 heavy (non-hydrogen) atoms. The average Bonchev–Trinajstić information content (AvgIpc) is 2.94. The summed E-state index contributed by atoms with van der Waals surface area (Å²) in [7, 11) is 0. The third-order valence-corrected chi connectivity index (χ3v) is 5.27. The van der Waals surface area contributed by atoms with Crippen molar-refractivity contribution in [3.05, 3.63) is 0 Å². The van der Waals surface area contributed by atoms with Gasteiger partial charge in [0, 0.05) is 38.5 Å². The Bertz CT molecular complexity index is 464. The SMILES string of the molecule is Cl.O=C(C1CCCCC1)N1CCN(C(=O)C2CC(F)(F)CN2)CC1. The van der Waals surface area contributed by atoms with Crippen molar-refractivity contribution in [3.8, 4) is 0 Å². The van der Waals surface area contributed by atoms with Gasteiger partial charge in [0.15, 0.2) is 0 Å². The molecule has 3 aliphatic rings. The van der Waals surface area contributed by atoms with Crippen LogP contribution in [0.25, 0.3) is 0 Å². The van der Waals surface area contributed by atoms with Gasteiger partial charge < -0.3 is 9.80 Å². The van der Waals surface area contributed by atoms with Gasteiger partial charge in [-0.05, 0) is 12.8 Å². The Morgan fingerprint density at radius 2 is 1.46 bits per heavy atom. The molecule has 0 radical (unpaired) electrons. The predicted octanol–water partition coefficient (Wildman–Crippen LogP) is 1.66. The molecule has 2 saturated heterocycles. The maximum absolute atomic E-state index is 13.2. The number of alkyl halides is 2. The van der Waals surface area contributed by atoms with Crippen molar-refractivity contribution < 1.29 is 18.4 Å². The highest BCUT2D eigenvalue weighted by molar-refractivity contribution is 5.85. The molecular weight excluding hydrogens is 340 g/mol. The molecule has 3 rings (SSSR count). The van der Waals surface area contributed by atoms with Gasteiger partial charge in [-0.2, -0.15) is 0 Å². The number of rotatable bonds is 2. The van der Waals surface area contributed by atoms with Crippen LogP contribution in [0.3, 0.4) is 0 Å². The van der Waals surface area contributed by atoms with Crippen LogP contribution >= 0.6 is 12.4 Å². The Kier molecular flexibility index (Phi) is 6.42. The molecule has 1 aliphatic carbocycles. The monoisotopic (exact) mass is 365 g/mol. The van der Waals surface area contributed by atoms with Crippen LogP contribution in [0.4, 0.5) is 8.78 Å². The van der Waals surface area contributed by atoms with Crippen LogP contribution in [0.15, 0.2) is 0 Å². The van der Waals surface area contributed by atoms with Crippen molar-refractivity contribution in [1.82, 2.24) is 15.1 Å². The highest BCUT2D eigenvalue weighted by atomic mass is 35.5. The van der Waals surface area contributed by atoms with E-state index in [0.29, 0.717) is 26.2 Å². The number of carbonyl (C=O) groups is 2. The van der Waals surface area contributed by atoms with Crippen molar-refractivity contribution in [2.75, 3.05) is 32.7 Å². The van der Waals surface area contributed by atoms with Crippen molar-refractivity contribution in [3.63, 3.8) is 0 Å². The van der Waals surface area contributed by atoms with Crippen LogP contribution in [0.2, 0.25) is 0 Å². The first-order valence-electron chi connectivity index (χ1n) is 8.65. The smallest absolute Gasteiger partial charge is 0.262 e. The first-order chi connectivity index (χ1) is 11.0. The van der Waals surface area contributed by atoms with Crippen LogP contribution in [0.1, 0.15) is 38.5 Å². The van der Waals surface area contributed by atoms with E-state index in [1.165, 1.54) is 6.42 Å². The molecule has 1 N–H and O–H groups in total. The van der Waals surface area contributed by atoms with Crippen LogP contribution in [0.5, 0.6) is 0 Å². The zero-order chi connectivity index (χ0) is 16.4. The summed E-state index contributed by atoms with van der Waals surface area (Å²) in [5.41, 5.74) is 0. The van der Waals surface area contributed by atoms with Crippen molar-refractivity contribution in [2.45, 2.75) is 50.5 Å². The Morgan fingerprint density at radius 3 is 1.96 bits per heavy atom. The summed E-state index contributed by atoms with van der Waals surface area (Å²) in [6, 6.07) is -0.786. The highest BCUT2D eigenvalue weighted by Gasteiger charge is 2.44. The van der Waals surface area contributed by atoms with E-state index >= 15 is 0 Å². The molecule has 1 unspecified atom stereocenters. The van der Waals surface area contributed by atoms with Crippen molar-refractivity contribution in [1.29, 1.82) is 0 Å². The zero-order valence-electron chi connectivity index (χ0n) is 13.8. The van der Waals surface area contributed by atoms with E-state index in [4.69, 9.17) is 0 Å². The minimum Gasteiger partial charge on any atom is -0.339 e. The second-order valence-electron chi connectivity index (χ2n) is 6.98. The van der Waals surface area contributed by atoms with E-state index in [2.05, 4.69) is 5.32 Å². The lowest BCUT2D eigenvalue weighted by Gasteiger charge is -2.38. The highest BCUT2D eigenvalue weighted by Crippen LogP contribution is 2.27. The average molecular weight is 366 g/mol. The van der Waals surface area contributed by atoms with E-state index in [1.807, 2.05) is 4.90 Å². The van der Waals surface area contributed by atoms with Gasteiger partial charge in [-0.1, -0.05) is 19.3 Å². The lowest BCUT2D eigenvalue weighted by molar-refractivity contribution is -0.143. The van der Waals surface area contributed by atoms with Gasteiger partial charge in [0.1, 0.15) is 0 Å². The molecule has 1 saturated carbocycles. The number of piperazine rings is 1. The van der Waals surface area contributed by atoms with Gasteiger partial charge >= 0.3 is 0 Å². The maximum Gasteiger partial charge on any atom is 0.262 e. The van der Waals surface area contributed by atoms with Crippen LogP contribution in [0, 0.1) is 5.92 Å². The summed E-state index contributed by atoms with van der Waals surface area (Å²) in [6.45, 7) is 1.50. The fraction of sp³-hybridized carbons (Fsp3) is 0.875. The van der Waals surface area contributed by atoms with E-state index in [1.54, 1.807) is 4.90 Å². The van der Waals surface area contributed by atoms with Gasteiger partial charge in [0.2, 0.25) is 11.8 Å². The van der Waals surface area contributed by atoms with Crippen LogP contribution in [-0.2, 0) is 9.59 Å². The number of nitrogens with one attached hydrogen (secondary N) is 1. The molecule has 0 aromatic carbocycles. The van der Waals surface area contributed by atoms with E-state index in [-0.39, 0.29) is 30.1 Å². The van der Waals surface area contributed by atoms with E-state index in [9.17, 15) is 18.4 Å². The van der Waals surface area contributed by atoms with Crippen molar-refractivity contribution in [2.24, 2.45) is 5.92 Å². The number of carbonyl (C=O) groups excluding carboxylic acids is 2. The lowest BCUT2D eigenvalue weighted by Crippen LogP contribution is -2.55. The molecule has 138 valence electrons. The fourth-order valence-corrected chi connectivity index (χ4v) is 3.87. The lowest BCUT2D eigenvalue weighted by atomic mass is 9.88. The minimum atomic E-state index is -2.79. The Morgan fingerprint density at radius 1 is 0.917 bits per heavy atom. The summed E-state index contributed by atoms with van der Waals surface area (Å²) in [4.78, 5) is 28.2. The molecule has 0 bridgehead atoms. The fourth-order valence-electron chi connectivity index (χ4n) is 3.87. The molecule has 2 amide bonds. The summed E-state index contributed by atoms with van der Waals surface area (Å²) >= 11 is 0. The first-order valence-corrected chi connectivity index (χ1v) is 8.65. The van der Waals surface area contributed by atoms with Crippen LogP contribution < -0.4 is 5.32 Å². The zero-order valence-corrected chi connectivity index (χ0v) is 14.6. The quantitative estimate of drug-likeness (QED) is 0.809. The van der Waals surface area contributed by atoms with E-state index < -0.39 is 24.9 Å². The summed E-state index contributed by atoms with van der Waals surface area (Å²) < 4.78 is 26.4. The largest absolute Gasteiger partial charge is 0.339 e. The van der Waals surface area contributed by atoms with Gasteiger partial charge in [-0.15, -0.1) is 12.4 Å².